The lowest BCUT2D eigenvalue weighted by atomic mass is 10.1. The van der Waals surface area contributed by atoms with Gasteiger partial charge < -0.3 is 15.2 Å². The van der Waals surface area contributed by atoms with E-state index in [0.717, 1.165) is 6.54 Å². The minimum Gasteiger partial charge on any atom is -0.508 e. The Kier molecular flexibility index (Phi) is 2.91. The monoisotopic (exact) mass is 213 g/mol. The van der Waals surface area contributed by atoms with Crippen LogP contribution in [0.3, 0.4) is 0 Å². The number of phenolic OH excluding ortho intramolecular Hbond substituents is 1. The van der Waals surface area contributed by atoms with Gasteiger partial charge in [0, 0.05) is 18.7 Å². The summed E-state index contributed by atoms with van der Waals surface area (Å²) in [6.07, 6.45) is -0.141. The second-order valence-corrected chi connectivity index (χ2v) is 3.64. The molecule has 1 aliphatic rings. The standard InChI is InChI=1S/C10H12ClNO2/c11-7-2-1-3-8(13)10(7)9-6-12-4-5-14-9/h1-3,9,12-13H,4-6H2. The molecule has 0 bridgehead atoms. The summed E-state index contributed by atoms with van der Waals surface area (Å²) in [5, 5.41) is 13.4. The molecule has 0 spiro atoms. The maximum atomic E-state index is 9.65. The predicted molar refractivity (Wildman–Crippen MR) is 54.7 cm³/mol. The van der Waals surface area contributed by atoms with Crippen molar-refractivity contribution in [2.45, 2.75) is 6.10 Å². The summed E-state index contributed by atoms with van der Waals surface area (Å²) in [5.41, 5.74) is 0.682. The Labute approximate surface area is 87.6 Å². The van der Waals surface area contributed by atoms with Crippen LogP contribution in [-0.2, 0) is 4.74 Å². The van der Waals surface area contributed by atoms with Crippen molar-refractivity contribution in [1.29, 1.82) is 0 Å². The zero-order valence-corrected chi connectivity index (χ0v) is 8.42. The van der Waals surface area contributed by atoms with Crippen molar-refractivity contribution in [3.8, 4) is 5.75 Å². The second-order valence-electron chi connectivity index (χ2n) is 3.24. The number of benzene rings is 1. The molecule has 1 aliphatic heterocycles. The van der Waals surface area contributed by atoms with Gasteiger partial charge in [0.1, 0.15) is 5.75 Å². The first-order chi connectivity index (χ1) is 6.79. The van der Waals surface area contributed by atoms with Gasteiger partial charge in [0.15, 0.2) is 0 Å². The van der Waals surface area contributed by atoms with Crippen LogP contribution in [0, 0.1) is 0 Å². The molecule has 1 atom stereocenters. The quantitative estimate of drug-likeness (QED) is 0.746. The van der Waals surface area contributed by atoms with Crippen LogP contribution in [0.25, 0.3) is 0 Å². The highest BCUT2D eigenvalue weighted by Gasteiger charge is 2.21. The Morgan fingerprint density at radius 2 is 2.36 bits per heavy atom. The van der Waals surface area contributed by atoms with Gasteiger partial charge in [0.2, 0.25) is 0 Å². The summed E-state index contributed by atoms with van der Waals surface area (Å²) < 4.78 is 5.52. The van der Waals surface area contributed by atoms with Crippen LogP contribution in [0.5, 0.6) is 5.75 Å². The van der Waals surface area contributed by atoms with Gasteiger partial charge in [-0.1, -0.05) is 17.7 Å². The number of morpholine rings is 1. The van der Waals surface area contributed by atoms with E-state index in [1.807, 2.05) is 0 Å². The van der Waals surface area contributed by atoms with E-state index >= 15 is 0 Å². The van der Waals surface area contributed by atoms with E-state index in [9.17, 15) is 5.11 Å². The van der Waals surface area contributed by atoms with Crippen LogP contribution < -0.4 is 5.32 Å². The zero-order valence-electron chi connectivity index (χ0n) is 7.66. The first-order valence-electron chi connectivity index (χ1n) is 4.59. The summed E-state index contributed by atoms with van der Waals surface area (Å²) in [6.45, 7) is 2.19. The highest BCUT2D eigenvalue weighted by molar-refractivity contribution is 6.31. The van der Waals surface area contributed by atoms with Gasteiger partial charge in [0.05, 0.1) is 17.7 Å². The molecule has 1 heterocycles. The summed E-state index contributed by atoms with van der Waals surface area (Å²) >= 11 is 6.00. The Morgan fingerprint density at radius 3 is 3.00 bits per heavy atom. The molecule has 0 amide bonds. The topological polar surface area (TPSA) is 41.5 Å². The lowest BCUT2D eigenvalue weighted by Crippen LogP contribution is -2.33. The summed E-state index contributed by atoms with van der Waals surface area (Å²) in [7, 11) is 0. The zero-order chi connectivity index (χ0) is 9.97. The Balaban J connectivity index is 2.29. The molecule has 1 unspecified atom stereocenters. The molecule has 2 rings (SSSR count). The first-order valence-corrected chi connectivity index (χ1v) is 4.96. The molecule has 1 aromatic rings. The molecule has 1 fully saturated rings. The summed E-state index contributed by atoms with van der Waals surface area (Å²) in [6, 6.07) is 5.10. The third kappa shape index (κ3) is 1.85. The fourth-order valence-electron chi connectivity index (χ4n) is 1.60. The Morgan fingerprint density at radius 1 is 1.50 bits per heavy atom. The van der Waals surface area contributed by atoms with Gasteiger partial charge in [-0.3, -0.25) is 0 Å². The van der Waals surface area contributed by atoms with E-state index < -0.39 is 0 Å². The van der Waals surface area contributed by atoms with Crippen LogP contribution in [0.4, 0.5) is 0 Å². The molecule has 0 radical (unpaired) electrons. The number of ether oxygens (including phenoxy) is 1. The maximum Gasteiger partial charge on any atom is 0.122 e. The van der Waals surface area contributed by atoms with E-state index in [2.05, 4.69) is 5.32 Å². The molecule has 4 heteroatoms. The average molecular weight is 214 g/mol. The van der Waals surface area contributed by atoms with Gasteiger partial charge >= 0.3 is 0 Å². The van der Waals surface area contributed by atoms with Gasteiger partial charge in [-0.15, -0.1) is 0 Å². The Bertz CT molecular complexity index is 304. The third-order valence-corrected chi connectivity index (χ3v) is 2.61. The Hall–Kier alpha value is -0.770. The van der Waals surface area contributed by atoms with Crippen molar-refractivity contribution in [3.05, 3.63) is 28.8 Å². The van der Waals surface area contributed by atoms with Crippen molar-refractivity contribution in [2.75, 3.05) is 19.7 Å². The van der Waals surface area contributed by atoms with Gasteiger partial charge in [0.25, 0.3) is 0 Å². The van der Waals surface area contributed by atoms with Crippen molar-refractivity contribution in [2.24, 2.45) is 0 Å². The minimum atomic E-state index is -0.141. The van der Waals surface area contributed by atoms with Crippen LogP contribution in [0.1, 0.15) is 11.7 Å². The molecule has 1 aromatic carbocycles. The lowest BCUT2D eigenvalue weighted by molar-refractivity contribution is 0.0264. The first kappa shape index (κ1) is 9.77. The number of nitrogens with one attached hydrogen (secondary N) is 1. The number of rotatable bonds is 1. The summed E-state index contributed by atoms with van der Waals surface area (Å²) in [4.78, 5) is 0. The van der Waals surface area contributed by atoms with E-state index in [-0.39, 0.29) is 11.9 Å². The van der Waals surface area contributed by atoms with E-state index in [4.69, 9.17) is 16.3 Å². The number of halogens is 1. The second kappa shape index (κ2) is 4.17. The highest BCUT2D eigenvalue weighted by atomic mass is 35.5. The van der Waals surface area contributed by atoms with Crippen molar-refractivity contribution >= 4 is 11.6 Å². The van der Waals surface area contributed by atoms with E-state index in [1.54, 1.807) is 18.2 Å². The number of hydrogen-bond donors (Lipinski definition) is 2. The fourth-order valence-corrected chi connectivity index (χ4v) is 1.89. The average Bonchev–Trinajstić information content (AvgIpc) is 2.19. The molecule has 0 aliphatic carbocycles. The molecule has 14 heavy (non-hydrogen) atoms. The van der Waals surface area contributed by atoms with Crippen molar-refractivity contribution in [1.82, 2.24) is 5.32 Å². The van der Waals surface area contributed by atoms with Gasteiger partial charge in [-0.05, 0) is 12.1 Å². The summed E-state index contributed by atoms with van der Waals surface area (Å²) in [5.74, 6) is 0.200. The largest absolute Gasteiger partial charge is 0.508 e. The van der Waals surface area contributed by atoms with Gasteiger partial charge in [-0.2, -0.15) is 0 Å². The molecule has 2 N–H and O–H groups in total. The molecule has 0 aromatic heterocycles. The van der Waals surface area contributed by atoms with E-state index in [0.29, 0.717) is 23.7 Å². The minimum absolute atomic E-state index is 0.141. The molecule has 1 saturated heterocycles. The molecule has 0 saturated carbocycles. The SMILES string of the molecule is Oc1cccc(Cl)c1C1CNCCO1. The number of hydrogen-bond acceptors (Lipinski definition) is 3. The van der Waals surface area contributed by atoms with Crippen molar-refractivity contribution in [3.63, 3.8) is 0 Å². The maximum absolute atomic E-state index is 9.65. The molecule has 3 nitrogen and oxygen atoms in total. The fraction of sp³-hybridized carbons (Fsp3) is 0.400. The number of aromatic hydroxyl groups is 1. The van der Waals surface area contributed by atoms with Crippen molar-refractivity contribution < 1.29 is 9.84 Å². The lowest BCUT2D eigenvalue weighted by Gasteiger charge is -2.25. The van der Waals surface area contributed by atoms with Gasteiger partial charge in [-0.25, -0.2) is 0 Å². The van der Waals surface area contributed by atoms with Crippen LogP contribution in [-0.4, -0.2) is 24.8 Å². The number of phenols is 1. The van der Waals surface area contributed by atoms with Crippen LogP contribution >= 0.6 is 11.6 Å². The smallest absolute Gasteiger partial charge is 0.122 e. The van der Waals surface area contributed by atoms with E-state index in [1.165, 1.54) is 0 Å². The normalized spacial score (nSPS) is 22.2. The highest BCUT2D eigenvalue weighted by Crippen LogP contribution is 2.33. The van der Waals surface area contributed by atoms with Crippen LogP contribution in [0.15, 0.2) is 18.2 Å². The molecular formula is C10H12ClNO2. The molecule has 76 valence electrons. The van der Waals surface area contributed by atoms with Crippen LogP contribution in [0.2, 0.25) is 5.02 Å². The molecular weight excluding hydrogens is 202 g/mol. The predicted octanol–water partition coefficient (Wildman–Crippen LogP) is 1.71. The third-order valence-electron chi connectivity index (χ3n) is 2.28.